The second-order valence-electron chi connectivity index (χ2n) is 4.77. The Morgan fingerprint density at radius 1 is 1.44 bits per heavy atom. The molecule has 0 aliphatic carbocycles. The van der Waals surface area contributed by atoms with Crippen molar-refractivity contribution in [2.75, 3.05) is 13.6 Å². The second-order valence-corrected chi connectivity index (χ2v) is 5.50. The molecule has 1 fully saturated rings. The maximum absolute atomic E-state index is 11.8. The van der Waals surface area contributed by atoms with E-state index in [1.165, 1.54) is 30.2 Å². The molecule has 0 amide bonds. The van der Waals surface area contributed by atoms with Gasteiger partial charge in [0.05, 0.1) is 6.33 Å². The van der Waals surface area contributed by atoms with Crippen molar-refractivity contribution in [2.45, 2.75) is 38.3 Å². The molecular formula is C12H17Cl2N3O. The van der Waals surface area contributed by atoms with E-state index in [1.54, 1.807) is 0 Å². The van der Waals surface area contributed by atoms with Crippen LogP contribution in [0.3, 0.4) is 0 Å². The van der Waals surface area contributed by atoms with Crippen molar-refractivity contribution in [3.63, 3.8) is 0 Å². The Kier molecular flexibility index (Phi) is 4.65. The van der Waals surface area contributed by atoms with Gasteiger partial charge in [-0.15, -0.1) is 0 Å². The van der Waals surface area contributed by atoms with Crippen LogP contribution in [0.2, 0.25) is 10.2 Å². The average Bonchev–Trinajstić information content (AvgIpc) is 2.37. The number of hydrogen-bond acceptors (Lipinski definition) is 3. The van der Waals surface area contributed by atoms with Crippen molar-refractivity contribution in [3.05, 3.63) is 26.9 Å². The van der Waals surface area contributed by atoms with E-state index in [-0.39, 0.29) is 15.7 Å². The predicted octanol–water partition coefficient (Wildman–Crippen LogP) is 2.42. The first-order valence-electron chi connectivity index (χ1n) is 6.20. The van der Waals surface area contributed by atoms with Gasteiger partial charge in [-0.25, -0.2) is 4.98 Å². The lowest BCUT2D eigenvalue weighted by Gasteiger charge is -2.32. The summed E-state index contributed by atoms with van der Waals surface area (Å²) < 4.78 is 1.54. The van der Waals surface area contributed by atoms with Crippen molar-refractivity contribution >= 4 is 23.2 Å². The molecule has 0 spiro atoms. The van der Waals surface area contributed by atoms with Crippen molar-refractivity contribution in [1.82, 2.24) is 14.5 Å². The molecule has 0 radical (unpaired) electrons. The number of likely N-dealkylation sites (tertiary alicyclic amines) is 1. The number of nitrogens with zero attached hydrogens (tertiary/aromatic N) is 3. The van der Waals surface area contributed by atoms with Gasteiger partial charge in [-0.3, -0.25) is 9.36 Å². The summed E-state index contributed by atoms with van der Waals surface area (Å²) in [5.41, 5.74) is -0.255. The number of aryl methyl sites for hydroxylation is 1. The first-order valence-corrected chi connectivity index (χ1v) is 6.96. The van der Waals surface area contributed by atoms with Crippen LogP contribution in [0.1, 0.15) is 25.7 Å². The third-order valence-corrected chi connectivity index (χ3v) is 4.29. The Hall–Kier alpha value is -0.580. The van der Waals surface area contributed by atoms with Gasteiger partial charge >= 0.3 is 0 Å². The predicted molar refractivity (Wildman–Crippen MR) is 73.4 cm³/mol. The van der Waals surface area contributed by atoms with Gasteiger partial charge in [-0.2, -0.15) is 0 Å². The molecule has 2 heterocycles. The summed E-state index contributed by atoms with van der Waals surface area (Å²) in [4.78, 5) is 18.1. The zero-order chi connectivity index (χ0) is 13.1. The monoisotopic (exact) mass is 289 g/mol. The normalized spacial score (nSPS) is 21.2. The second kappa shape index (κ2) is 6.04. The highest BCUT2D eigenvalue weighted by Crippen LogP contribution is 2.18. The molecule has 100 valence electrons. The zero-order valence-corrected chi connectivity index (χ0v) is 11.9. The quantitative estimate of drug-likeness (QED) is 0.802. The van der Waals surface area contributed by atoms with Gasteiger partial charge in [0.25, 0.3) is 5.56 Å². The largest absolute Gasteiger partial charge is 0.303 e. The first kappa shape index (κ1) is 13.8. The fraction of sp³-hybridized carbons (Fsp3) is 0.667. The molecule has 1 aromatic heterocycles. The van der Waals surface area contributed by atoms with Crippen LogP contribution in [-0.4, -0.2) is 34.1 Å². The van der Waals surface area contributed by atoms with Gasteiger partial charge in [-0.1, -0.05) is 29.6 Å². The van der Waals surface area contributed by atoms with Gasteiger partial charge in [0.2, 0.25) is 0 Å². The molecule has 1 aromatic rings. The maximum atomic E-state index is 11.8. The van der Waals surface area contributed by atoms with Crippen LogP contribution in [0.25, 0.3) is 0 Å². The Balaban J connectivity index is 2.02. The van der Waals surface area contributed by atoms with Crippen LogP contribution in [0.5, 0.6) is 0 Å². The Morgan fingerprint density at radius 3 is 2.94 bits per heavy atom. The topological polar surface area (TPSA) is 38.1 Å². The van der Waals surface area contributed by atoms with Crippen molar-refractivity contribution in [3.8, 4) is 0 Å². The maximum Gasteiger partial charge on any atom is 0.273 e. The summed E-state index contributed by atoms with van der Waals surface area (Å²) in [6.07, 6.45) is 6.14. The van der Waals surface area contributed by atoms with Gasteiger partial charge in [0, 0.05) is 12.6 Å². The summed E-state index contributed by atoms with van der Waals surface area (Å²) in [5.74, 6) is 0. The van der Waals surface area contributed by atoms with Crippen LogP contribution in [0, 0.1) is 0 Å². The minimum Gasteiger partial charge on any atom is -0.303 e. The number of piperidine rings is 1. The lowest BCUT2D eigenvalue weighted by molar-refractivity contribution is 0.170. The fourth-order valence-corrected chi connectivity index (χ4v) is 2.68. The van der Waals surface area contributed by atoms with Crippen LogP contribution in [0.4, 0.5) is 0 Å². The highest BCUT2D eigenvalue weighted by atomic mass is 35.5. The van der Waals surface area contributed by atoms with Crippen LogP contribution < -0.4 is 5.56 Å². The van der Waals surface area contributed by atoms with E-state index < -0.39 is 0 Å². The molecule has 18 heavy (non-hydrogen) atoms. The van der Waals surface area contributed by atoms with Crippen LogP contribution >= 0.6 is 23.2 Å². The van der Waals surface area contributed by atoms with Crippen LogP contribution in [0.15, 0.2) is 11.1 Å². The van der Waals surface area contributed by atoms with Crippen LogP contribution in [-0.2, 0) is 6.54 Å². The van der Waals surface area contributed by atoms with E-state index in [0.717, 1.165) is 13.0 Å². The molecule has 1 unspecified atom stereocenters. The highest BCUT2D eigenvalue weighted by Gasteiger charge is 2.19. The number of aromatic nitrogens is 2. The lowest BCUT2D eigenvalue weighted by Crippen LogP contribution is -2.37. The fourth-order valence-electron chi connectivity index (χ4n) is 2.40. The molecule has 1 aliphatic heterocycles. The number of halogens is 2. The van der Waals surface area contributed by atoms with Gasteiger partial charge in [0.1, 0.15) is 5.02 Å². The molecule has 0 saturated carbocycles. The molecule has 1 atom stereocenters. The summed E-state index contributed by atoms with van der Waals surface area (Å²) in [7, 11) is 2.14. The Morgan fingerprint density at radius 2 is 2.22 bits per heavy atom. The molecule has 1 saturated heterocycles. The van der Waals surface area contributed by atoms with Gasteiger partial charge in [0.15, 0.2) is 5.15 Å². The third-order valence-electron chi connectivity index (χ3n) is 3.56. The molecule has 2 rings (SSSR count). The number of rotatable bonds is 3. The van der Waals surface area contributed by atoms with E-state index in [0.29, 0.717) is 12.6 Å². The van der Waals surface area contributed by atoms with Gasteiger partial charge < -0.3 is 4.90 Å². The molecule has 6 heteroatoms. The molecular weight excluding hydrogens is 273 g/mol. The summed E-state index contributed by atoms with van der Waals surface area (Å²) in [5, 5.41) is 0.0869. The SMILES string of the molecule is CN1CCCCC1CCn1cnc(Cl)c(Cl)c1=O. The van der Waals surface area contributed by atoms with Crippen molar-refractivity contribution in [2.24, 2.45) is 0 Å². The molecule has 0 N–H and O–H groups in total. The minimum atomic E-state index is -0.255. The molecule has 1 aliphatic rings. The van der Waals surface area contributed by atoms with Gasteiger partial charge in [-0.05, 0) is 32.9 Å². The summed E-state index contributed by atoms with van der Waals surface area (Å²) in [6.45, 7) is 1.77. The molecule has 4 nitrogen and oxygen atoms in total. The van der Waals surface area contributed by atoms with Crippen molar-refractivity contribution < 1.29 is 0 Å². The van der Waals surface area contributed by atoms with E-state index in [1.807, 2.05) is 0 Å². The average molecular weight is 290 g/mol. The van der Waals surface area contributed by atoms with E-state index in [9.17, 15) is 4.79 Å². The molecule has 0 aromatic carbocycles. The summed E-state index contributed by atoms with van der Waals surface area (Å²) >= 11 is 11.5. The Labute approximate surface area is 117 Å². The highest BCUT2D eigenvalue weighted by molar-refractivity contribution is 6.40. The lowest BCUT2D eigenvalue weighted by atomic mass is 10.0. The van der Waals surface area contributed by atoms with Crippen molar-refractivity contribution in [1.29, 1.82) is 0 Å². The minimum absolute atomic E-state index is 0.0103. The van der Waals surface area contributed by atoms with E-state index >= 15 is 0 Å². The molecule has 0 bridgehead atoms. The Bertz CT molecular complexity index is 475. The third kappa shape index (κ3) is 3.05. The summed E-state index contributed by atoms with van der Waals surface area (Å²) in [6, 6.07) is 0.542. The van der Waals surface area contributed by atoms with E-state index in [4.69, 9.17) is 23.2 Å². The number of hydrogen-bond donors (Lipinski definition) is 0. The smallest absolute Gasteiger partial charge is 0.273 e. The standard InChI is InChI=1S/C12H17Cl2N3O/c1-16-6-3-2-4-9(16)5-7-17-8-15-11(14)10(13)12(17)18/h8-9H,2-7H2,1H3. The first-order chi connectivity index (χ1) is 8.59. The zero-order valence-electron chi connectivity index (χ0n) is 10.4. The van der Waals surface area contributed by atoms with E-state index in [2.05, 4.69) is 16.9 Å².